The second-order valence-electron chi connectivity index (χ2n) is 5.22. The van der Waals surface area contributed by atoms with Gasteiger partial charge in [0.05, 0.1) is 27.7 Å². The molecule has 9 heteroatoms. The van der Waals surface area contributed by atoms with Crippen molar-refractivity contribution in [1.82, 2.24) is 9.97 Å². The second kappa shape index (κ2) is 4.36. The summed E-state index contributed by atoms with van der Waals surface area (Å²) in [6.07, 6.45) is -9.84. The highest BCUT2D eigenvalue weighted by atomic mass is 19.4. The average molecular weight is 311 g/mol. The van der Waals surface area contributed by atoms with Crippen molar-refractivity contribution in [3.05, 3.63) is 29.1 Å². The minimum atomic E-state index is -4.94. The lowest BCUT2D eigenvalue weighted by Crippen LogP contribution is -2.30. The summed E-state index contributed by atoms with van der Waals surface area (Å²) < 4.78 is 76.9. The van der Waals surface area contributed by atoms with E-state index in [-0.39, 0.29) is 11.9 Å². The summed E-state index contributed by atoms with van der Waals surface area (Å²) in [5, 5.41) is 0. The number of nitrogens with two attached hydrogens (primary N) is 1. The maximum absolute atomic E-state index is 12.9. The summed E-state index contributed by atoms with van der Waals surface area (Å²) in [7, 11) is 0. The molecule has 0 aliphatic carbocycles. The quantitative estimate of drug-likeness (QED) is 0.787. The third-order valence-corrected chi connectivity index (χ3v) is 2.84. The zero-order chi connectivity index (χ0) is 16.2. The molecule has 0 amide bonds. The van der Waals surface area contributed by atoms with E-state index in [0.29, 0.717) is 6.07 Å². The molecule has 0 saturated heterocycles. The van der Waals surface area contributed by atoms with Crippen molar-refractivity contribution in [2.24, 2.45) is 5.73 Å². The molecule has 1 heterocycles. The van der Waals surface area contributed by atoms with Gasteiger partial charge in [0.25, 0.3) is 0 Å². The molecule has 0 aliphatic heterocycles. The molecule has 0 spiro atoms. The number of aromatic amines is 1. The van der Waals surface area contributed by atoms with Gasteiger partial charge in [0.1, 0.15) is 5.82 Å². The van der Waals surface area contributed by atoms with Crippen LogP contribution in [0.2, 0.25) is 0 Å². The van der Waals surface area contributed by atoms with Gasteiger partial charge in [0.15, 0.2) is 0 Å². The second-order valence-corrected chi connectivity index (χ2v) is 5.22. The maximum Gasteiger partial charge on any atom is 0.418 e. The molecule has 3 N–H and O–H groups in total. The topological polar surface area (TPSA) is 54.7 Å². The van der Waals surface area contributed by atoms with Crippen molar-refractivity contribution < 1.29 is 26.3 Å². The van der Waals surface area contributed by atoms with E-state index in [4.69, 9.17) is 5.73 Å². The largest absolute Gasteiger partial charge is 0.418 e. The van der Waals surface area contributed by atoms with Crippen LogP contribution in [0.1, 0.15) is 30.8 Å². The molecule has 1 aromatic heterocycles. The molecule has 1 aromatic carbocycles. The number of hydrogen-bond donors (Lipinski definition) is 2. The van der Waals surface area contributed by atoms with Crippen LogP contribution in [0, 0.1) is 0 Å². The fraction of sp³-hybridized carbons (Fsp3) is 0.417. The molecule has 0 radical (unpaired) electrons. The minimum Gasteiger partial charge on any atom is -0.340 e. The van der Waals surface area contributed by atoms with Gasteiger partial charge in [0.2, 0.25) is 0 Å². The highest BCUT2D eigenvalue weighted by Crippen LogP contribution is 2.39. The fourth-order valence-corrected chi connectivity index (χ4v) is 1.81. The number of nitrogens with zero attached hydrogens (tertiary/aromatic N) is 1. The SMILES string of the molecule is CC(C)(N)c1nc2cc(C(F)(F)F)cc(C(F)(F)F)c2[nH]1. The van der Waals surface area contributed by atoms with Gasteiger partial charge in [0, 0.05) is 0 Å². The normalized spacial score (nSPS) is 14.0. The van der Waals surface area contributed by atoms with E-state index < -0.39 is 40.1 Å². The van der Waals surface area contributed by atoms with Crippen molar-refractivity contribution in [2.75, 3.05) is 0 Å². The van der Waals surface area contributed by atoms with Crippen molar-refractivity contribution in [3.8, 4) is 0 Å². The smallest absolute Gasteiger partial charge is 0.340 e. The Balaban J connectivity index is 2.81. The van der Waals surface area contributed by atoms with E-state index in [0.717, 1.165) is 0 Å². The van der Waals surface area contributed by atoms with E-state index in [1.807, 2.05) is 0 Å². The van der Waals surface area contributed by atoms with Gasteiger partial charge in [-0.2, -0.15) is 26.3 Å². The first-order valence-electron chi connectivity index (χ1n) is 5.77. The van der Waals surface area contributed by atoms with Crippen LogP contribution in [-0.4, -0.2) is 9.97 Å². The maximum atomic E-state index is 12.9. The summed E-state index contributed by atoms with van der Waals surface area (Å²) in [6, 6.07) is 0.629. The number of imidazole rings is 1. The van der Waals surface area contributed by atoms with E-state index in [1.54, 1.807) is 0 Å². The first-order chi connectivity index (χ1) is 9.30. The van der Waals surface area contributed by atoms with Crippen LogP contribution < -0.4 is 5.73 Å². The van der Waals surface area contributed by atoms with Gasteiger partial charge >= 0.3 is 12.4 Å². The van der Waals surface area contributed by atoms with E-state index in [9.17, 15) is 26.3 Å². The van der Waals surface area contributed by atoms with Crippen LogP contribution in [-0.2, 0) is 17.9 Å². The number of fused-ring (bicyclic) bond motifs is 1. The number of halogens is 6. The van der Waals surface area contributed by atoms with Crippen LogP contribution in [0.25, 0.3) is 11.0 Å². The molecule has 0 unspecified atom stereocenters. The molecule has 2 aromatic rings. The monoisotopic (exact) mass is 311 g/mol. The van der Waals surface area contributed by atoms with Gasteiger partial charge in [-0.05, 0) is 26.0 Å². The zero-order valence-corrected chi connectivity index (χ0v) is 10.9. The Morgan fingerprint density at radius 3 is 2.00 bits per heavy atom. The lowest BCUT2D eigenvalue weighted by atomic mass is 10.1. The number of H-pyrrole nitrogens is 1. The number of benzene rings is 1. The van der Waals surface area contributed by atoms with Crippen LogP contribution in [0.3, 0.4) is 0 Å². The first kappa shape index (κ1) is 15.6. The molecule has 0 bridgehead atoms. The fourth-order valence-electron chi connectivity index (χ4n) is 1.81. The molecule has 116 valence electrons. The number of nitrogens with one attached hydrogen (secondary N) is 1. The van der Waals surface area contributed by atoms with Crippen molar-refractivity contribution >= 4 is 11.0 Å². The Morgan fingerprint density at radius 1 is 1.00 bits per heavy atom. The van der Waals surface area contributed by atoms with Gasteiger partial charge < -0.3 is 10.7 Å². The Kier molecular flexibility index (Phi) is 3.24. The molecule has 21 heavy (non-hydrogen) atoms. The average Bonchev–Trinajstić information content (AvgIpc) is 2.67. The number of alkyl halides is 6. The molecule has 0 atom stereocenters. The van der Waals surface area contributed by atoms with Crippen molar-refractivity contribution in [1.29, 1.82) is 0 Å². The Hall–Kier alpha value is -1.77. The van der Waals surface area contributed by atoms with Crippen LogP contribution in [0.15, 0.2) is 12.1 Å². The van der Waals surface area contributed by atoms with Crippen molar-refractivity contribution in [3.63, 3.8) is 0 Å². The van der Waals surface area contributed by atoms with E-state index in [2.05, 4.69) is 9.97 Å². The summed E-state index contributed by atoms with van der Waals surface area (Å²) in [5.74, 6) is -0.0256. The van der Waals surface area contributed by atoms with Crippen LogP contribution >= 0.6 is 0 Å². The number of hydrogen-bond acceptors (Lipinski definition) is 2. The molecule has 0 saturated carbocycles. The van der Waals surface area contributed by atoms with Gasteiger partial charge in [-0.25, -0.2) is 4.98 Å². The molecule has 0 aliphatic rings. The first-order valence-corrected chi connectivity index (χ1v) is 5.77. The Bertz CT molecular complexity index is 675. The van der Waals surface area contributed by atoms with Gasteiger partial charge in [-0.3, -0.25) is 0 Å². The summed E-state index contributed by atoms with van der Waals surface area (Å²) >= 11 is 0. The summed E-state index contributed by atoms with van der Waals surface area (Å²) in [6.45, 7) is 2.95. The third kappa shape index (κ3) is 2.97. The minimum absolute atomic E-state index is 0.0256. The van der Waals surface area contributed by atoms with Crippen LogP contribution in [0.4, 0.5) is 26.3 Å². The molecular weight excluding hydrogens is 300 g/mol. The lowest BCUT2D eigenvalue weighted by molar-refractivity contribution is -0.142. The van der Waals surface area contributed by atoms with Crippen molar-refractivity contribution in [2.45, 2.75) is 31.7 Å². The lowest BCUT2D eigenvalue weighted by Gasteiger charge is -2.14. The van der Waals surface area contributed by atoms with Crippen LogP contribution in [0.5, 0.6) is 0 Å². The third-order valence-electron chi connectivity index (χ3n) is 2.84. The summed E-state index contributed by atoms with van der Waals surface area (Å²) in [4.78, 5) is 6.12. The van der Waals surface area contributed by atoms with E-state index in [1.165, 1.54) is 13.8 Å². The highest BCUT2D eigenvalue weighted by Gasteiger charge is 2.39. The molecule has 3 nitrogen and oxygen atoms in total. The van der Waals surface area contributed by atoms with E-state index >= 15 is 0 Å². The summed E-state index contributed by atoms with van der Waals surface area (Å²) in [5.41, 5.74) is 0.832. The predicted octanol–water partition coefficient (Wildman–Crippen LogP) is 3.79. The zero-order valence-electron chi connectivity index (χ0n) is 10.9. The van der Waals surface area contributed by atoms with Gasteiger partial charge in [-0.15, -0.1) is 0 Å². The Labute approximate surface area is 115 Å². The molecule has 0 fully saturated rings. The van der Waals surface area contributed by atoms with Gasteiger partial charge in [-0.1, -0.05) is 0 Å². The predicted molar refractivity (Wildman–Crippen MR) is 63.3 cm³/mol. The molecular formula is C12H11F6N3. The molecule has 2 rings (SSSR count). The Morgan fingerprint density at radius 2 is 1.57 bits per heavy atom. The standard InChI is InChI=1S/C12H11F6N3/c1-10(2,19)9-20-7-4-5(11(13,14)15)3-6(8(7)21-9)12(16,17)18/h3-4H,19H2,1-2H3,(H,20,21). The number of aromatic nitrogens is 2. The number of rotatable bonds is 1. The highest BCUT2D eigenvalue weighted by molar-refractivity contribution is 5.80.